The SMILES string of the molecule is CC(C)(C)OC(=O)NCC(N)c1cc2cc(Cl)ccc2[nH]1. The van der Waals surface area contributed by atoms with Gasteiger partial charge in [0.2, 0.25) is 0 Å². The van der Waals surface area contributed by atoms with Crippen LogP contribution in [-0.4, -0.2) is 23.2 Å². The van der Waals surface area contributed by atoms with Crippen molar-refractivity contribution in [1.29, 1.82) is 0 Å². The first-order valence-corrected chi connectivity index (χ1v) is 7.13. The Hall–Kier alpha value is -1.72. The summed E-state index contributed by atoms with van der Waals surface area (Å²) in [5, 5.41) is 4.33. The molecule has 0 aliphatic rings. The van der Waals surface area contributed by atoms with Gasteiger partial charge in [-0.2, -0.15) is 0 Å². The minimum Gasteiger partial charge on any atom is -0.444 e. The predicted octanol–water partition coefficient (Wildman–Crippen LogP) is 3.35. The van der Waals surface area contributed by atoms with Gasteiger partial charge in [0, 0.05) is 28.2 Å². The number of aromatic amines is 1. The van der Waals surface area contributed by atoms with Crippen molar-refractivity contribution >= 4 is 28.6 Å². The zero-order valence-electron chi connectivity index (χ0n) is 12.4. The molecule has 0 bridgehead atoms. The van der Waals surface area contributed by atoms with Crippen molar-refractivity contribution in [3.63, 3.8) is 0 Å². The van der Waals surface area contributed by atoms with Crippen LogP contribution in [0.4, 0.5) is 4.79 Å². The van der Waals surface area contributed by atoms with Crippen LogP contribution >= 0.6 is 11.6 Å². The molecular formula is C15H20ClN3O2. The van der Waals surface area contributed by atoms with E-state index in [1.54, 1.807) is 0 Å². The summed E-state index contributed by atoms with van der Waals surface area (Å²) >= 11 is 5.95. The van der Waals surface area contributed by atoms with Gasteiger partial charge in [-0.3, -0.25) is 0 Å². The van der Waals surface area contributed by atoms with Crippen molar-refractivity contribution in [3.8, 4) is 0 Å². The average molecular weight is 310 g/mol. The van der Waals surface area contributed by atoms with Gasteiger partial charge >= 0.3 is 6.09 Å². The Morgan fingerprint density at radius 2 is 2.14 bits per heavy atom. The number of carbonyl (C=O) groups is 1. The van der Waals surface area contributed by atoms with Gasteiger partial charge in [0.15, 0.2) is 0 Å². The van der Waals surface area contributed by atoms with E-state index in [0.29, 0.717) is 5.02 Å². The predicted molar refractivity (Wildman–Crippen MR) is 84.5 cm³/mol. The minimum atomic E-state index is -0.522. The number of ether oxygens (including phenoxy) is 1. The lowest BCUT2D eigenvalue weighted by Gasteiger charge is -2.20. The van der Waals surface area contributed by atoms with Crippen LogP contribution in [0.5, 0.6) is 0 Å². The summed E-state index contributed by atoms with van der Waals surface area (Å²) in [6.07, 6.45) is -0.475. The smallest absolute Gasteiger partial charge is 0.407 e. The van der Waals surface area contributed by atoms with E-state index in [9.17, 15) is 4.79 Å². The van der Waals surface area contributed by atoms with E-state index in [1.807, 2.05) is 45.0 Å². The van der Waals surface area contributed by atoms with Gasteiger partial charge in [-0.05, 0) is 45.0 Å². The summed E-state index contributed by atoms with van der Waals surface area (Å²) in [5.74, 6) is 0. The molecule has 5 nitrogen and oxygen atoms in total. The summed E-state index contributed by atoms with van der Waals surface area (Å²) in [5.41, 5.74) is 7.35. The number of aromatic nitrogens is 1. The maximum absolute atomic E-state index is 11.6. The molecule has 2 rings (SSSR count). The van der Waals surface area contributed by atoms with Crippen LogP contribution in [0.15, 0.2) is 24.3 Å². The number of nitrogens with two attached hydrogens (primary N) is 1. The third kappa shape index (κ3) is 4.37. The summed E-state index contributed by atoms with van der Waals surface area (Å²) in [4.78, 5) is 14.8. The Bertz CT molecular complexity index is 646. The van der Waals surface area contributed by atoms with Crippen LogP contribution in [0.1, 0.15) is 32.5 Å². The fraction of sp³-hybridized carbons (Fsp3) is 0.400. The molecule has 1 amide bonds. The molecule has 0 saturated heterocycles. The molecule has 114 valence electrons. The quantitative estimate of drug-likeness (QED) is 0.813. The molecule has 0 aliphatic heterocycles. The number of fused-ring (bicyclic) bond motifs is 1. The second-order valence-corrected chi connectivity index (χ2v) is 6.38. The Labute approximate surface area is 128 Å². The lowest BCUT2D eigenvalue weighted by Crippen LogP contribution is -2.36. The molecule has 1 aromatic heterocycles. The second kappa shape index (κ2) is 5.95. The number of benzene rings is 1. The number of hydrogen-bond acceptors (Lipinski definition) is 3. The van der Waals surface area contributed by atoms with Crippen molar-refractivity contribution in [2.45, 2.75) is 32.4 Å². The third-order valence-corrected chi connectivity index (χ3v) is 3.10. The molecule has 1 aromatic carbocycles. The van der Waals surface area contributed by atoms with Crippen molar-refractivity contribution in [2.24, 2.45) is 5.73 Å². The highest BCUT2D eigenvalue weighted by Gasteiger charge is 2.17. The Balaban J connectivity index is 1.99. The summed E-state index contributed by atoms with van der Waals surface area (Å²) in [6, 6.07) is 7.17. The summed E-state index contributed by atoms with van der Waals surface area (Å²) in [6.45, 7) is 5.73. The molecular weight excluding hydrogens is 290 g/mol. The number of amides is 1. The number of alkyl carbamates (subject to hydrolysis) is 1. The molecule has 6 heteroatoms. The molecule has 0 spiro atoms. The molecule has 21 heavy (non-hydrogen) atoms. The molecule has 1 heterocycles. The molecule has 0 saturated carbocycles. The molecule has 0 aliphatic carbocycles. The van der Waals surface area contributed by atoms with Crippen LogP contribution < -0.4 is 11.1 Å². The number of H-pyrrole nitrogens is 1. The molecule has 4 N–H and O–H groups in total. The maximum atomic E-state index is 11.6. The van der Waals surface area contributed by atoms with E-state index < -0.39 is 11.7 Å². The summed E-state index contributed by atoms with van der Waals surface area (Å²) < 4.78 is 5.17. The first kappa shape index (κ1) is 15.7. The number of nitrogens with one attached hydrogen (secondary N) is 2. The van der Waals surface area contributed by atoms with Gasteiger partial charge in [0.1, 0.15) is 5.60 Å². The highest BCUT2D eigenvalue weighted by atomic mass is 35.5. The molecule has 0 radical (unpaired) electrons. The van der Waals surface area contributed by atoms with Gasteiger partial charge in [0.25, 0.3) is 0 Å². The van der Waals surface area contributed by atoms with Crippen molar-refractivity contribution in [3.05, 3.63) is 35.0 Å². The number of carbonyl (C=O) groups excluding carboxylic acids is 1. The van der Waals surface area contributed by atoms with Crippen LogP contribution in [0.25, 0.3) is 10.9 Å². The maximum Gasteiger partial charge on any atom is 0.407 e. The lowest BCUT2D eigenvalue weighted by atomic mass is 10.2. The normalized spacial score (nSPS) is 13.2. The topological polar surface area (TPSA) is 80.1 Å². The first-order valence-electron chi connectivity index (χ1n) is 6.75. The van der Waals surface area contributed by atoms with Gasteiger partial charge in [-0.25, -0.2) is 4.79 Å². The lowest BCUT2D eigenvalue weighted by molar-refractivity contribution is 0.0524. The third-order valence-electron chi connectivity index (χ3n) is 2.87. The van der Waals surface area contributed by atoms with E-state index in [0.717, 1.165) is 16.6 Å². The first-order chi connectivity index (χ1) is 9.74. The van der Waals surface area contributed by atoms with Crippen LogP contribution in [0.3, 0.4) is 0 Å². The fourth-order valence-corrected chi connectivity index (χ4v) is 2.12. The second-order valence-electron chi connectivity index (χ2n) is 5.95. The van der Waals surface area contributed by atoms with E-state index in [2.05, 4.69) is 10.3 Å². The highest BCUT2D eigenvalue weighted by molar-refractivity contribution is 6.31. The zero-order chi connectivity index (χ0) is 15.6. The zero-order valence-corrected chi connectivity index (χ0v) is 13.1. The van der Waals surface area contributed by atoms with E-state index in [4.69, 9.17) is 22.1 Å². The Morgan fingerprint density at radius 3 is 2.81 bits per heavy atom. The number of rotatable bonds is 3. The molecule has 0 fully saturated rings. The number of hydrogen-bond donors (Lipinski definition) is 3. The molecule has 1 atom stereocenters. The van der Waals surface area contributed by atoms with Crippen LogP contribution in [0.2, 0.25) is 5.02 Å². The molecule has 2 aromatic rings. The van der Waals surface area contributed by atoms with Gasteiger partial charge in [0.05, 0.1) is 6.04 Å². The van der Waals surface area contributed by atoms with Crippen LogP contribution in [0, 0.1) is 0 Å². The largest absolute Gasteiger partial charge is 0.444 e. The highest BCUT2D eigenvalue weighted by Crippen LogP contribution is 2.22. The average Bonchev–Trinajstić information content (AvgIpc) is 2.76. The van der Waals surface area contributed by atoms with Crippen molar-refractivity contribution in [2.75, 3.05) is 6.54 Å². The van der Waals surface area contributed by atoms with Crippen molar-refractivity contribution in [1.82, 2.24) is 10.3 Å². The monoisotopic (exact) mass is 309 g/mol. The van der Waals surface area contributed by atoms with E-state index >= 15 is 0 Å². The Morgan fingerprint density at radius 1 is 1.43 bits per heavy atom. The van der Waals surface area contributed by atoms with Gasteiger partial charge in [-0.15, -0.1) is 0 Å². The number of halogens is 1. The van der Waals surface area contributed by atoms with Gasteiger partial charge in [-0.1, -0.05) is 11.6 Å². The fourth-order valence-electron chi connectivity index (χ4n) is 1.94. The van der Waals surface area contributed by atoms with Crippen LogP contribution in [-0.2, 0) is 4.74 Å². The van der Waals surface area contributed by atoms with Crippen molar-refractivity contribution < 1.29 is 9.53 Å². The Kier molecular flexibility index (Phi) is 4.44. The standard InChI is InChI=1S/C15H20ClN3O2/c1-15(2,3)21-14(20)18-8-11(17)13-7-9-6-10(16)4-5-12(9)19-13/h4-7,11,19H,8,17H2,1-3H3,(H,18,20). The molecule has 1 unspecified atom stereocenters. The van der Waals surface area contributed by atoms with E-state index in [-0.39, 0.29) is 12.6 Å². The summed E-state index contributed by atoms with van der Waals surface area (Å²) in [7, 11) is 0. The van der Waals surface area contributed by atoms with E-state index in [1.165, 1.54) is 0 Å². The van der Waals surface area contributed by atoms with Gasteiger partial charge < -0.3 is 20.8 Å². The minimum absolute atomic E-state index is 0.287.